The van der Waals surface area contributed by atoms with Gasteiger partial charge in [0.05, 0.1) is 16.8 Å². The first-order valence-electron chi connectivity index (χ1n) is 18.1. The van der Waals surface area contributed by atoms with Crippen LogP contribution in [0.3, 0.4) is 0 Å². The van der Waals surface area contributed by atoms with Crippen LogP contribution in [-0.4, -0.2) is 49.2 Å². The van der Waals surface area contributed by atoms with Gasteiger partial charge in [-0.1, -0.05) is 108 Å². The molecule has 0 amide bonds. The van der Waals surface area contributed by atoms with Crippen LogP contribution in [0.1, 0.15) is 22.5 Å². The van der Waals surface area contributed by atoms with E-state index >= 15 is 0 Å². The SMILES string of the molecule is [B]B([B])[B].[Pt+2].[c-]1cc2oc3ccccc3c2cc1-n1ccc(C(Cc2ccccc2)(Cc2ccccc2)c2ccn(-c3[c-]cc4oc5ccccc5c4c3)n2)n1. The standard InChI is InChI=1S/C45H30N4O2.B4.Pt/c1-3-11-31(12-4-1)29-45(30-32-13-5-2-6-14-32,43-23-25-48(46-43)33-19-21-41-37(27-33)35-15-7-9-17-39(35)50-41)44-24-26-49(47-44)34-20-22-42-38(28-34)36-16-8-10-18-40(36)51-42;1-4(2)3;/h1-18,21-28H,29-30H2;;/q-2;;+2. The minimum atomic E-state index is -0.667. The zero-order valence-electron chi connectivity index (χ0n) is 30.2. The van der Waals surface area contributed by atoms with E-state index in [0.717, 1.165) is 66.6 Å². The number of rotatable bonds is 8. The molecule has 0 aliphatic heterocycles. The van der Waals surface area contributed by atoms with Gasteiger partial charge in [-0.25, -0.2) is 0 Å². The molecule has 56 heavy (non-hydrogen) atoms. The van der Waals surface area contributed by atoms with Gasteiger partial charge < -0.3 is 8.83 Å². The molecule has 10 rings (SSSR count). The molecule has 0 spiro atoms. The van der Waals surface area contributed by atoms with Crippen molar-refractivity contribution in [1.82, 2.24) is 19.6 Å². The maximum Gasteiger partial charge on any atom is 2.00 e. The fraction of sp³-hybridized carbons (Fsp3) is 0.0667. The summed E-state index contributed by atoms with van der Waals surface area (Å²) in [5.74, 6) is 0. The van der Waals surface area contributed by atoms with Gasteiger partial charge in [0.25, 0.3) is 0 Å². The fourth-order valence-corrected chi connectivity index (χ4v) is 7.45. The Morgan fingerprint density at radius 2 is 0.911 bits per heavy atom. The van der Waals surface area contributed by atoms with Crippen molar-refractivity contribution in [3.05, 3.63) is 193 Å². The zero-order chi connectivity index (χ0) is 37.4. The first-order chi connectivity index (χ1) is 26.9. The molecule has 6 radical (unpaired) electrons. The van der Waals surface area contributed by atoms with Crippen LogP contribution in [0.4, 0.5) is 0 Å². The maximum atomic E-state index is 6.09. The Hall–Kier alpha value is -5.71. The number of para-hydroxylation sites is 2. The van der Waals surface area contributed by atoms with Crippen LogP contribution in [0.25, 0.3) is 55.3 Å². The molecule has 0 saturated carbocycles. The second-order valence-electron chi connectivity index (χ2n) is 13.7. The summed E-state index contributed by atoms with van der Waals surface area (Å²) in [5.41, 5.74) is 8.65. The van der Waals surface area contributed by atoms with Crippen LogP contribution in [0.2, 0.25) is 0 Å². The number of nitrogens with zero attached hydrogens (tertiary/aromatic N) is 4. The minimum Gasteiger partial charge on any atom is -0.516 e. The van der Waals surface area contributed by atoms with Gasteiger partial charge in [0.2, 0.25) is 0 Å². The quantitative estimate of drug-likeness (QED) is 0.113. The first kappa shape index (κ1) is 37.2. The summed E-state index contributed by atoms with van der Waals surface area (Å²) < 4.78 is 16.0. The van der Waals surface area contributed by atoms with Gasteiger partial charge in [-0.3, -0.25) is 9.36 Å². The fourth-order valence-electron chi connectivity index (χ4n) is 7.45. The Labute approximate surface area is 343 Å². The van der Waals surface area contributed by atoms with Crippen LogP contribution in [0.5, 0.6) is 0 Å². The third-order valence-electron chi connectivity index (χ3n) is 9.94. The second kappa shape index (κ2) is 15.8. The number of hydrogen-bond donors (Lipinski definition) is 0. The topological polar surface area (TPSA) is 61.9 Å². The largest absolute Gasteiger partial charge is 2.00 e. The Bertz CT molecular complexity index is 2700. The number of benzene rings is 6. The number of furan rings is 2. The van der Waals surface area contributed by atoms with E-state index < -0.39 is 11.8 Å². The van der Waals surface area contributed by atoms with Gasteiger partial charge in [0, 0.05) is 63.9 Å². The zero-order valence-corrected chi connectivity index (χ0v) is 32.4. The molecule has 0 bridgehead atoms. The van der Waals surface area contributed by atoms with Crippen LogP contribution in [0, 0.1) is 12.1 Å². The molecule has 0 aliphatic rings. The minimum absolute atomic E-state index is 0. The van der Waals surface area contributed by atoms with Crippen molar-refractivity contribution in [3.63, 3.8) is 0 Å². The smallest absolute Gasteiger partial charge is 0.516 e. The van der Waals surface area contributed by atoms with Crippen molar-refractivity contribution in [3.8, 4) is 11.4 Å². The molecular weight excluding hydrogens is 867 g/mol. The maximum absolute atomic E-state index is 6.09. The van der Waals surface area contributed by atoms with Gasteiger partial charge in [0.15, 0.2) is 0 Å². The predicted molar refractivity (Wildman–Crippen MR) is 223 cm³/mol. The molecular formula is C45H30B4N4O2Pt. The van der Waals surface area contributed by atoms with E-state index in [-0.39, 0.29) is 21.1 Å². The summed E-state index contributed by atoms with van der Waals surface area (Å²) in [4.78, 5) is 0. The Kier molecular flexibility index (Phi) is 10.5. The predicted octanol–water partition coefficient (Wildman–Crippen LogP) is 8.70. The normalized spacial score (nSPS) is 11.4. The molecule has 264 valence electrons. The summed E-state index contributed by atoms with van der Waals surface area (Å²) in [6.45, 7) is 0. The average molecular weight is 897 g/mol. The molecule has 0 saturated heterocycles. The van der Waals surface area contributed by atoms with Crippen LogP contribution in [0.15, 0.2) is 167 Å². The van der Waals surface area contributed by atoms with E-state index in [2.05, 4.69) is 132 Å². The molecule has 10 aromatic rings. The summed E-state index contributed by atoms with van der Waals surface area (Å²) in [7, 11) is 14.0. The van der Waals surface area contributed by atoms with Crippen LogP contribution >= 0.6 is 0 Å². The molecule has 6 aromatic carbocycles. The van der Waals surface area contributed by atoms with Gasteiger partial charge in [0.1, 0.15) is 11.2 Å². The van der Waals surface area contributed by atoms with Crippen molar-refractivity contribution in [2.45, 2.75) is 18.3 Å². The number of fused-ring (bicyclic) bond motifs is 6. The molecule has 11 heteroatoms. The molecule has 0 unspecified atom stereocenters. The third-order valence-corrected chi connectivity index (χ3v) is 9.94. The number of aromatic nitrogens is 4. The summed E-state index contributed by atoms with van der Waals surface area (Å²) in [5, 5.41) is 14.9. The van der Waals surface area contributed by atoms with Crippen molar-refractivity contribution in [1.29, 1.82) is 0 Å². The van der Waals surface area contributed by atoms with E-state index in [1.165, 1.54) is 11.1 Å². The van der Waals surface area contributed by atoms with Gasteiger partial charge in [-0.15, -0.1) is 24.3 Å². The molecule has 0 aliphatic carbocycles. The van der Waals surface area contributed by atoms with Crippen molar-refractivity contribution in [2.24, 2.45) is 0 Å². The van der Waals surface area contributed by atoms with Crippen molar-refractivity contribution >= 4 is 73.5 Å². The Balaban J connectivity index is 0.000000844. The van der Waals surface area contributed by atoms with Gasteiger partial charge in [-0.05, 0) is 59.6 Å². The van der Waals surface area contributed by atoms with Crippen molar-refractivity contribution in [2.75, 3.05) is 0 Å². The molecule has 4 aromatic heterocycles. The first-order valence-corrected chi connectivity index (χ1v) is 18.1. The van der Waals surface area contributed by atoms with E-state index in [4.69, 9.17) is 19.0 Å². The van der Waals surface area contributed by atoms with Gasteiger partial charge >= 0.3 is 21.1 Å². The van der Waals surface area contributed by atoms with E-state index in [9.17, 15) is 0 Å². The van der Waals surface area contributed by atoms with E-state index in [0.29, 0.717) is 12.8 Å². The van der Waals surface area contributed by atoms with E-state index in [1.807, 2.05) is 70.3 Å². The van der Waals surface area contributed by atoms with Gasteiger partial charge in [-0.2, -0.15) is 22.3 Å². The average Bonchev–Trinajstić information content (AvgIpc) is 4.03. The summed E-state index contributed by atoms with van der Waals surface area (Å²) in [6.07, 6.45) is 4.79. The van der Waals surface area contributed by atoms with E-state index in [1.54, 1.807) is 0 Å². The Morgan fingerprint density at radius 3 is 1.34 bits per heavy atom. The number of hydrogen-bond acceptors (Lipinski definition) is 4. The molecule has 6 nitrogen and oxygen atoms in total. The van der Waals surface area contributed by atoms with Crippen molar-refractivity contribution < 1.29 is 29.9 Å². The Morgan fingerprint density at radius 1 is 0.518 bits per heavy atom. The van der Waals surface area contributed by atoms with Crippen LogP contribution < -0.4 is 0 Å². The van der Waals surface area contributed by atoms with Crippen LogP contribution in [-0.2, 0) is 39.3 Å². The summed E-state index contributed by atoms with van der Waals surface area (Å²) >= 11 is 0. The second-order valence-corrected chi connectivity index (χ2v) is 13.7. The molecule has 0 fully saturated rings. The molecule has 4 heterocycles. The third kappa shape index (κ3) is 7.22. The molecule has 0 atom stereocenters. The summed E-state index contributed by atoms with van der Waals surface area (Å²) in [6, 6.07) is 56.6. The monoisotopic (exact) mass is 897 g/mol. The molecule has 0 N–H and O–H groups in total.